The molecule has 1 heterocycles. The Morgan fingerprint density at radius 1 is 0.271 bits per heavy atom. The van der Waals surface area contributed by atoms with E-state index >= 15 is 0 Å². The van der Waals surface area contributed by atoms with Crippen LogP contribution in [0.3, 0.4) is 0 Å². The number of rotatable bonds is 3. The third-order valence-electron chi connectivity index (χ3n) is 13.6. The van der Waals surface area contributed by atoms with E-state index in [1.807, 2.05) is 0 Å². The van der Waals surface area contributed by atoms with Crippen molar-refractivity contribution in [2.45, 2.75) is 10.8 Å². The summed E-state index contributed by atoms with van der Waals surface area (Å²) in [6.07, 6.45) is 0. The molecular weight excluding hydrogens is 713 g/mol. The van der Waals surface area contributed by atoms with Crippen LogP contribution in [0.15, 0.2) is 218 Å². The van der Waals surface area contributed by atoms with Crippen LogP contribution in [0.2, 0.25) is 0 Å². The predicted octanol–water partition coefficient (Wildman–Crippen LogP) is 14.5. The van der Waals surface area contributed by atoms with Gasteiger partial charge in [0, 0.05) is 21.9 Å². The topological polar surface area (TPSA) is 9.23 Å². The van der Waals surface area contributed by atoms with Crippen molar-refractivity contribution in [2.24, 2.45) is 0 Å². The first-order chi connectivity index (χ1) is 29.3. The van der Waals surface area contributed by atoms with Crippen molar-refractivity contribution in [1.82, 2.24) is 0 Å². The summed E-state index contributed by atoms with van der Waals surface area (Å²) < 4.78 is 7.41. The van der Waals surface area contributed by atoms with Gasteiger partial charge in [0.25, 0.3) is 0 Å². The minimum Gasteiger partial charge on any atom is -0.455 e. The van der Waals surface area contributed by atoms with Crippen LogP contribution in [0.25, 0.3) is 54.9 Å². The molecule has 0 aromatic heterocycles. The fraction of sp³-hybridized carbons (Fsp3) is 0.0345. The van der Waals surface area contributed by atoms with Crippen molar-refractivity contribution in [3.05, 3.63) is 263 Å². The quantitative estimate of drug-likeness (QED) is 0.175. The fourth-order valence-corrected chi connectivity index (χ4v) is 11.4. The summed E-state index contributed by atoms with van der Waals surface area (Å²) in [6.45, 7) is 0. The molecule has 1 spiro atoms. The first kappa shape index (κ1) is 32.6. The van der Waals surface area contributed by atoms with Gasteiger partial charge in [0.15, 0.2) is 0 Å². The molecule has 0 saturated carbocycles. The lowest BCUT2D eigenvalue weighted by Gasteiger charge is -2.40. The van der Waals surface area contributed by atoms with E-state index in [4.69, 9.17) is 4.74 Å². The maximum atomic E-state index is 7.41. The first-order valence-electron chi connectivity index (χ1n) is 20.6. The average molecular weight is 749 g/mol. The fourth-order valence-electron chi connectivity index (χ4n) is 11.4. The Kier molecular flexibility index (Phi) is 6.64. The van der Waals surface area contributed by atoms with Crippen molar-refractivity contribution >= 4 is 21.5 Å². The van der Waals surface area contributed by atoms with E-state index < -0.39 is 10.8 Å². The highest BCUT2D eigenvalue weighted by molar-refractivity contribution is 6.08. The van der Waals surface area contributed by atoms with Crippen molar-refractivity contribution in [3.8, 4) is 44.9 Å². The van der Waals surface area contributed by atoms with Crippen molar-refractivity contribution in [3.63, 3.8) is 0 Å². The molecule has 2 aliphatic carbocycles. The Labute approximate surface area is 343 Å². The van der Waals surface area contributed by atoms with Gasteiger partial charge in [-0.1, -0.05) is 212 Å². The lowest BCUT2D eigenvalue weighted by molar-refractivity contribution is 0.447. The van der Waals surface area contributed by atoms with Gasteiger partial charge in [-0.05, 0) is 83.6 Å². The standard InChI is InChI=1S/C58H36O/c1-3-19-38(20-4-1)57(39-21-5-2-6-22-39)50-32-16-13-28-46(50)54-44(29-17-33-51(54)57)47-36-53-56(45-27-10-9-24-41(45)47)59-55-40-23-8-7-18-37(40)34-35-52(55)58(53)48-30-14-11-25-42(48)43-26-12-15-31-49(43)58/h1-36H. The largest absolute Gasteiger partial charge is 0.455 e. The Balaban J connectivity index is 1.18. The highest BCUT2D eigenvalue weighted by atomic mass is 16.5. The molecule has 0 saturated heterocycles. The number of benzene rings is 10. The van der Waals surface area contributed by atoms with Gasteiger partial charge in [-0.25, -0.2) is 0 Å². The van der Waals surface area contributed by atoms with Crippen LogP contribution in [-0.4, -0.2) is 0 Å². The average Bonchev–Trinajstić information content (AvgIpc) is 3.78. The summed E-state index contributed by atoms with van der Waals surface area (Å²) in [6, 6.07) is 81.0. The molecule has 0 radical (unpaired) electrons. The van der Waals surface area contributed by atoms with Gasteiger partial charge in [0.1, 0.15) is 11.5 Å². The molecule has 1 nitrogen and oxygen atoms in total. The zero-order valence-corrected chi connectivity index (χ0v) is 32.2. The molecule has 0 fully saturated rings. The zero-order chi connectivity index (χ0) is 38.7. The van der Waals surface area contributed by atoms with Gasteiger partial charge >= 0.3 is 0 Å². The van der Waals surface area contributed by atoms with Crippen molar-refractivity contribution < 1.29 is 4.74 Å². The molecular formula is C58H36O. The molecule has 1 aliphatic heterocycles. The van der Waals surface area contributed by atoms with Gasteiger partial charge in [0.2, 0.25) is 0 Å². The molecule has 59 heavy (non-hydrogen) atoms. The van der Waals surface area contributed by atoms with Crippen LogP contribution in [0.4, 0.5) is 0 Å². The van der Waals surface area contributed by atoms with Gasteiger partial charge < -0.3 is 4.74 Å². The summed E-state index contributed by atoms with van der Waals surface area (Å²) in [5.74, 6) is 1.86. The normalized spacial score (nSPS) is 14.5. The number of hydrogen-bond donors (Lipinski definition) is 0. The van der Waals surface area contributed by atoms with E-state index in [-0.39, 0.29) is 0 Å². The Hall–Kier alpha value is -7.48. The summed E-state index contributed by atoms with van der Waals surface area (Å²) >= 11 is 0. The second kappa shape index (κ2) is 12.0. The summed E-state index contributed by atoms with van der Waals surface area (Å²) in [7, 11) is 0. The Morgan fingerprint density at radius 2 is 0.763 bits per heavy atom. The Bertz CT molecular complexity index is 3270. The molecule has 0 unspecified atom stereocenters. The molecule has 0 atom stereocenters. The Morgan fingerprint density at radius 3 is 1.44 bits per heavy atom. The van der Waals surface area contributed by atoms with Crippen LogP contribution in [0.1, 0.15) is 44.5 Å². The van der Waals surface area contributed by atoms with Crippen LogP contribution < -0.4 is 4.74 Å². The first-order valence-corrected chi connectivity index (χ1v) is 20.6. The van der Waals surface area contributed by atoms with E-state index in [0.717, 1.165) is 22.3 Å². The van der Waals surface area contributed by atoms with E-state index in [2.05, 4.69) is 218 Å². The van der Waals surface area contributed by atoms with Crippen LogP contribution in [0.5, 0.6) is 11.5 Å². The molecule has 0 amide bonds. The molecule has 10 aromatic carbocycles. The van der Waals surface area contributed by atoms with Gasteiger partial charge in [-0.15, -0.1) is 0 Å². The minimum absolute atomic E-state index is 0.498. The number of fused-ring (bicyclic) bond motifs is 16. The number of hydrogen-bond acceptors (Lipinski definition) is 1. The SMILES string of the molecule is c1ccc(C2(c3ccccc3)c3ccccc3-c3c(-c4cc5c(c6ccccc46)Oc4c(ccc6ccccc46)C54c5ccccc5-c5ccccc54)cccc32)cc1. The maximum Gasteiger partial charge on any atom is 0.140 e. The predicted molar refractivity (Wildman–Crippen MR) is 242 cm³/mol. The minimum atomic E-state index is -0.618. The smallest absolute Gasteiger partial charge is 0.140 e. The summed E-state index contributed by atoms with van der Waals surface area (Å²) in [5, 5.41) is 4.58. The second-order valence-electron chi connectivity index (χ2n) is 16.2. The lowest BCUT2D eigenvalue weighted by Crippen LogP contribution is -2.32. The van der Waals surface area contributed by atoms with Crippen LogP contribution in [-0.2, 0) is 10.8 Å². The lowest BCUT2D eigenvalue weighted by atomic mass is 9.64. The molecule has 274 valence electrons. The molecule has 0 N–H and O–H groups in total. The van der Waals surface area contributed by atoms with E-state index in [1.54, 1.807) is 0 Å². The highest BCUT2D eigenvalue weighted by Gasteiger charge is 2.52. The van der Waals surface area contributed by atoms with Gasteiger partial charge in [0.05, 0.1) is 10.8 Å². The van der Waals surface area contributed by atoms with Crippen molar-refractivity contribution in [1.29, 1.82) is 0 Å². The molecule has 10 aromatic rings. The molecule has 13 rings (SSSR count). The second-order valence-corrected chi connectivity index (χ2v) is 16.2. The maximum absolute atomic E-state index is 7.41. The van der Waals surface area contributed by atoms with Crippen LogP contribution >= 0.6 is 0 Å². The van der Waals surface area contributed by atoms with E-state index in [0.29, 0.717) is 0 Å². The van der Waals surface area contributed by atoms with Gasteiger partial charge in [-0.3, -0.25) is 0 Å². The van der Waals surface area contributed by atoms with E-state index in [1.165, 1.54) is 88.7 Å². The summed E-state index contributed by atoms with van der Waals surface area (Å²) in [4.78, 5) is 0. The van der Waals surface area contributed by atoms with E-state index in [9.17, 15) is 0 Å². The molecule has 1 heteroatoms. The summed E-state index contributed by atoms with van der Waals surface area (Å²) in [5.41, 5.74) is 16.5. The highest BCUT2D eigenvalue weighted by Crippen LogP contribution is 2.65. The van der Waals surface area contributed by atoms with Crippen molar-refractivity contribution in [2.75, 3.05) is 0 Å². The zero-order valence-electron chi connectivity index (χ0n) is 32.2. The molecule has 0 bridgehead atoms. The van der Waals surface area contributed by atoms with Gasteiger partial charge in [-0.2, -0.15) is 0 Å². The van der Waals surface area contributed by atoms with Crippen LogP contribution in [0, 0.1) is 0 Å². The number of ether oxygens (including phenoxy) is 1. The third kappa shape index (κ3) is 4.09. The third-order valence-corrected chi connectivity index (χ3v) is 13.6. The monoisotopic (exact) mass is 748 g/mol. The molecule has 3 aliphatic rings.